The second kappa shape index (κ2) is 6.99. The van der Waals surface area contributed by atoms with Crippen LogP contribution in [0.5, 0.6) is 0 Å². The Balaban J connectivity index is 1.81. The minimum absolute atomic E-state index is 0.197. The Bertz CT molecular complexity index is 744. The lowest BCUT2D eigenvalue weighted by atomic mass is 10.0. The van der Waals surface area contributed by atoms with Crippen molar-refractivity contribution in [1.82, 2.24) is 9.97 Å². The van der Waals surface area contributed by atoms with Crippen LogP contribution in [0.4, 0.5) is 11.6 Å². The number of hydrogen-bond acceptors (Lipinski definition) is 4. The molecule has 1 amide bonds. The van der Waals surface area contributed by atoms with Crippen molar-refractivity contribution < 1.29 is 4.79 Å². The molecule has 1 unspecified atom stereocenters. The van der Waals surface area contributed by atoms with Gasteiger partial charge in [0.05, 0.1) is 0 Å². The Kier molecular flexibility index (Phi) is 4.79. The van der Waals surface area contributed by atoms with Crippen molar-refractivity contribution in [3.63, 3.8) is 0 Å². The van der Waals surface area contributed by atoms with Crippen LogP contribution in [0.3, 0.4) is 0 Å². The van der Waals surface area contributed by atoms with Gasteiger partial charge in [-0.1, -0.05) is 19.1 Å². The monoisotopic (exact) mass is 324 g/mol. The molecule has 24 heavy (non-hydrogen) atoms. The van der Waals surface area contributed by atoms with Crippen LogP contribution in [0.2, 0.25) is 0 Å². The van der Waals surface area contributed by atoms with Gasteiger partial charge in [0.15, 0.2) is 0 Å². The molecule has 0 saturated carbocycles. The van der Waals surface area contributed by atoms with Gasteiger partial charge in [0, 0.05) is 24.5 Å². The van der Waals surface area contributed by atoms with E-state index >= 15 is 0 Å². The van der Waals surface area contributed by atoms with Crippen LogP contribution < -0.4 is 10.2 Å². The Morgan fingerprint density at radius 2 is 2.08 bits per heavy atom. The maximum absolute atomic E-state index is 12.6. The number of piperidine rings is 1. The van der Waals surface area contributed by atoms with Crippen LogP contribution in [0, 0.1) is 19.8 Å². The zero-order valence-corrected chi connectivity index (χ0v) is 14.5. The highest BCUT2D eigenvalue weighted by molar-refractivity contribution is 6.03. The molecule has 1 atom stereocenters. The van der Waals surface area contributed by atoms with E-state index < -0.39 is 0 Å². The van der Waals surface area contributed by atoms with Crippen LogP contribution in [0.1, 0.15) is 41.5 Å². The summed E-state index contributed by atoms with van der Waals surface area (Å²) in [6.07, 6.45) is 2.38. The van der Waals surface area contributed by atoms with Crippen molar-refractivity contribution in [3.8, 4) is 0 Å². The van der Waals surface area contributed by atoms with Gasteiger partial charge in [-0.3, -0.25) is 4.79 Å². The van der Waals surface area contributed by atoms with E-state index in [1.807, 2.05) is 38.1 Å². The normalized spacial score (nSPS) is 17.6. The lowest BCUT2D eigenvalue weighted by molar-refractivity contribution is 0.102. The van der Waals surface area contributed by atoms with E-state index in [-0.39, 0.29) is 5.91 Å². The summed E-state index contributed by atoms with van der Waals surface area (Å²) in [5, 5.41) is 2.92. The lowest BCUT2D eigenvalue weighted by Crippen LogP contribution is -2.36. The van der Waals surface area contributed by atoms with Crippen LogP contribution in [0.15, 0.2) is 30.3 Å². The van der Waals surface area contributed by atoms with Crippen molar-refractivity contribution in [2.24, 2.45) is 5.92 Å². The summed E-state index contributed by atoms with van der Waals surface area (Å²) in [6.45, 7) is 8.05. The third-order valence-corrected chi connectivity index (χ3v) is 4.29. The number of benzene rings is 1. The standard InChI is InChI=1S/C19H24N4O/c1-13-6-4-8-16(10-13)21-18(24)17-11-15(3)20-19(22-17)23-9-5-7-14(2)12-23/h4,6,8,10-11,14H,5,7,9,12H2,1-3H3,(H,21,24). The van der Waals surface area contributed by atoms with Crippen LogP contribution in [-0.2, 0) is 0 Å². The quantitative estimate of drug-likeness (QED) is 0.937. The highest BCUT2D eigenvalue weighted by Gasteiger charge is 2.20. The number of nitrogens with one attached hydrogen (secondary N) is 1. The Hall–Kier alpha value is -2.43. The number of aryl methyl sites for hydroxylation is 2. The molecule has 1 fully saturated rings. The average molecular weight is 324 g/mol. The van der Waals surface area contributed by atoms with E-state index in [1.54, 1.807) is 6.07 Å². The molecule has 1 N–H and O–H groups in total. The Morgan fingerprint density at radius 3 is 2.83 bits per heavy atom. The number of aromatic nitrogens is 2. The number of carbonyl (C=O) groups is 1. The summed E-state index contributed by atoms with van der Waals surface area (Å²) in [5.41, 5.74) is 3.11. The van der Waals surface area contributed by atoms with Gasteiger partial charge in [-0.25, -0.2) is 9.97 Å². The second-order valence-corrected chi connectivity index (χ2v) is 6.71. The fourth-order valence-corrected chi connectivity index (χ4v) is 3.10. The molecule has 1 aliphatic rings. The SMILES string of the molecule is Cc1cccc(NC(=O)c2cc(C)nc(N3CCCC(C)C3)n2)c1. The van der Waals surface area contributed by atoms with Crippen molar-refractivity contribution in [2.45, 2.75) is 33.6 Å². The molecule has 2 aromatic rings. The van der Waals surface area contributed by atoms with Crippen LogP contribution in [0.25, 0.3) is 0 Å². The highest BCUT2D eigenvalue weighted by Crippen LogP contribution is 2.21. The van der Waals surface area contributed by atoms with E-state index in [1.165, 1.54) is 6.42 Å². The van der Waals surface area contributed by atoms with Crippen LogP contribution >= 0.6 is 0 Å². The first-order valence-electron chi connectivity index (χ1n) is 8.50. The van der Waals surface area contributed by atoms with Gasteiger partial charge in [-0.15, -0.1) is 0 Å². The first-order chi connectivity index (χ1) is 11.5. The number of anilines is 2. The molecule has 0 radical (unpaired) electrons. The van der Waals surface area contributed by atoms with Gasteiger partial charge in [0.2, 0.25) is 5.95 Å². The minimum atomic E-state index is -0.197. The molecule has 1 aromatic heterocycles. The molecule has 0 bridgehead atoms. The predicted octanol–water partition coefficient (Wildman–Crippen LogP) is 3.58. The van der Waals surface area contributed by atoms with E-state index in [0.717, 1.165) is 36.5 Å². The molecule has 5 nitrogen and oxygen atoms in total. The van der Waals surface area contributed by atoms with Gasteiger partial charge in [0.1, 0.15) is 5.69 Å². The fourth-order valence-electron chi connectivity index (χ4n) is 3.10. The molecular formula is C19H24N4O. The molecule has 1 saturated heterocycles. The first-order valence-corrected chi connectivity index (χ1v) is 8.50. The van der Waals surface area contributed by atoms with Gasteiger partial charge in [-0.2, -0.15) is 0 Å². The number of rotatable bonds is 3. The van der Waals surface area contributed by atoms with Gasteiger partial charge in [0.25, 0.3) is 5.91 Å². The first kappa shape index (κ1) is 16.4. The molecule has 3 rings (SSSR count). The van der Waals surface area contributed by atoms with Crippen molar-refractivity contribution >= 4 is 17.5 Å². The van der Waals surface area contributed by atoms with E-state index in [2.05, 4.69) is 27.1 Å². The number of hydrogen-bond donors (Lipinski definition) is 1. The molecular weight excluding hydrogens is 300 g/mol. The molecule has 126 valence electrons. The summed E-state index contributed by atoms with van der Waals surface area (Å²) >= 11 is 0. The third-order valence-electron chi connectivity index (χ3n) is 4.29. The molecule has 5 heteroatoms. The van der Waals surface area contributed by atoms with Gasteiger partial charge < -0.3 is 10.2 Å². The molecule has 1 aliphatic heterocycles. The lowest BCUT2D eigenvalue weighted by Gasteiger charge is -2.31. The predicted molar refractivity (Wildman–Crippen MR) is 96.5 cm³/mol. The minimum Gasteiger partial charge on any atom is -0.341 e. The summed E-state index contributed by atoms with van der Waals surface area (Å²) in [6, 6.07) is 9.49. The van der Waals surface area contributed by atoms with Crippen molar-refractivity contribution in [2.75, 3.05) is 23.3 Å². The zero-order valence-electron chi connectivity index (χ0n) is 14.5. The summed E-state index contributed by atoms with van der Waals surface area (Å²) in [7, 11) is 0. The Labute approximate surface area is 143 Å². The van der Waals surface area contributed by atoms with Crippen LogP contribution in [-0.4, -0.2) is 29.0 Å². The fraction of sp³-hybridized carbons (Fsp3) is 0.421. The van der Waals surface area contributed by atoms with E-state index in [4.69, 9.17) is 0 Å². The number of nitrogens with zero attached hydrogens (tertiary/aromatic N) is 3. The smallest absolute Gasteiger partial charge is 0.274 e. The number of amides is 1. The topological polar surface area (TPSA) is 58.1 Å². The van der Waals surface area contributed by atoms with Gasteiger partial charge in [-0.05, 0) is 56.4 Å². The molecule has 0 aliphatic carbocycles. The molecule has 1 aromatic carbocycles. The Morgan fingerprint density at radius 1 is 1.25 bits per heavy atom. The van der Waals surface area contributed by atoms with E-state index in [9.17, 15) is 4.79 Å². The third kappa shape index (κ3) is 3.91. The largest absolute Gasteiger partial charge is 0.341 e. The zero-order chi connectivity index (χ0) is 17.1. The second-order valence-electron chi connectivity index (χ2n) is 6.71. The average Bonchev–Trinajstić information content (AvgIpc) is 2.54. The summed E-state index contributed by atoms with van der Waals surface area (Å²) in [4.78, 5) is 23.8. The van der Waals surface area contributed by atoms with Gasteiger partial charge >= 0.3 is 0 Å². The van der Waals surface area contributed by atoms with Crippen molar-refractivity contribution in [3.05, 3.63) is 47.3 Å². The van der Waals surface area contributed by atoms with Crippen molar-refractivity contribution in [1.29, 1.82) is 0 Å². The number of carbonyl (C=O) groups excluding carboxylic acids is 1. The summed E-state index contributed by atoms with van der Waals surface area (Å²) in [5.74, 6) is 1.10. The molecule has 0 spiro atoms. The molecule has 2 heterocycles. The summed E-state index contributed by atoms with van der Waals surface area (Å²) < 4.78 is 0. The van der Waals surface area contributed by atoms with E-state index in [0.29, 0.717) is 17.6 Å². The maximum atomic E-state index is 12.6. The highest BCUT2D eigenvalue weighted by atomic mass is 16.1. The maximum Gasteiger partial charge on any atom is 0.274 e.